The van der Waals surface area contributed by atoms with E-state index in [9.17, 15) is 13.2 Å². The molecule has 1 unspecified atom stereocenters. The molecule has 0 aliphatic carbocycles. The Morgan fingerprint density at radius 1 is 1.04 bits per heavy atom. The van der Waals surface area contributed by atoms with Gasteiger partial charge in [0.05, 0.1) is 10.9 Å². The molecule has 0 saturated heterocycles. The van der Waals surface area contributed by atoms with Gasteiger partial charge in [-0.1, -0.05) is 30.3 Å². The molecule has 0 aromatic heterocycles. The third-order valence-corrected chi connectivity index (χ3v) is 4.94. The molecule has 1 amide bonds. The van der Waals surface area contributed by atoms with Crippen LogP contribution in [0.4, 0.5) is 0 Å². The van der Waals surface area contributed by atoms with Gasteiger partial charge in [-0.2, -0.15) is 0 Å². The minimum atomic E-state index is -3.26. The van der Waals surface area contributed by atoms with Gasteiger partial charge in [-0.3, -0.25) is 4.79 Å². The highest BCUT2D eigenvalue weighted by atomic mass is 32.2. The van der Waals surface area contributed by atoms with Crippen molar-refractivity contribution in [2.75, 3.05) is 26.9 Å². The summed E-state index contributed by atoms with van der Waals surface area (Å²) < 4.78 is 22.9. The van der Waals surface area contributed by atoms with Crippen LogP contribution in [0.1, 0.15) is 22.0 Å². The first-order valence-electron chi connectivity index (χ1n) is 7.58. The molecule has 6 heteroatoms. The number of nitrogens with zero attached hydrogens (tertiary/aromatic N) is 1. The van der Waals surface area contributed by atoms with Crippen LogP contribution < -0.4 is 5.32 Å². The maximum absolute atomic E-state index is 12.3. The van der Waals surface area contributed by atoms with Crippen molar-refractivity contribution < 1.29 is 13.2 Å². The van der Waals surface area contributed by atoms with E-state index in [2.05, 4.69) is 5.32 Å². The summed E-state index contributed by atoms with van der Waals surface area (Å²) in [6.45, 7) is 0.462. The minimum Gasteiger partial charge on any atom is -0.350 e. The van der Waals surface area contributed by atoms with Crippen LogP contribution in [0.15, 0.2) is 59.5 Å². The lowest BCUT2D eigenvalue weighted by Crippen LogP contribution is -2.34. The average molecular weight is 346 g/mol. The largest absolute Gasteiger partial charge is 0.350 e. The van der Waals surface area contributed by atoms with Crippen LogP contribution in [0.3, 0.4) is 0 Å². The first-order valence-corrected chi connectivity index (χ1v) is 9.48. The number of likely N-dealkylation sites (N-methyl/N-ethyl adjacent to an activating group) is 1. The summed E-state index contributed by atoms with van der Waals surface area (Å²) in [6, 6.07) is 16.0. The van der Waals surface area contributed by atoms with Gasteiger partial charge >= 0.3 is 0 Å². The molecule has 0 saturated carbocycles. The van der Waals surface area contributed by atoms with Crippen LogP contribution in [0.5, 0.6) is 0 Å². The first-order chi connectivity index (χ1) is 11.3. The summed E-state index contributed by atoms with van der Waals surface area (Å²) in [5.41, 5.74) is 1.56. The Bertz CT molecular complexity index is 785. The SMILES string of the molecule is CN(C)C(CNC(=O)c1ccc(S(C)(=O)=O)cc1)c1ccccc1. The van der Waals surface area contributed by atoms with Gasteiger partial charge in [0.25, 0.3) is 5.91 Å². The van der Waals surface area contributed by atoms with Crippen molar-refractivity contribution in [2.24, 2.45) is 0 Å². The van der Waals surface area contributed by atoms with E-state index in [1.54, 1.807) is 0 Å². The van der Waals surface area contributed by atoms with Gasteiger partial charge in [-0.15, -0.1) is 0 Å². The summed E-state index contributed by atoms with van der Waals surface area (Å²) in [5, 5.41) is 2.91. The zero-order valence-electron chi connectivity index (χ0n) is 14.1. The Morgan fingerprint density at radius 2 is 1.62 bits per heavy atom. The fourth-order valence-corrected chi connectivity index (χ4v) is 3.05. The predicted molar refractivity (Wildman–Crippen MR) is 94.8 cm³/mol. The highest BCUT2D eigenvalue weighted by Crippen LogP contribution is 2.17. The number of hydrogen-bond donors (Lipinski definition) is 1. The molecule has 2 rings (SSSR count). The van der Waals surface area contributed by atoms with Crippen molar-refractivity contribution in [2.45, 2.75) is 10.9 Å². The van der Waals surface area contributed by atoms with Crippen molar-refractivity contribution >= 4 is 15.7 Å². The first kappa shape index (κ1) is 18.2. The molecule has 5 nitrogen and oxygen atoms in total. The van der Waals surface area contributed by atoms with E-state index in [4.69, 9.17) is 0 Å². The molecular formula is C18H22N2O3S. The second-order valence-electron chi connectivity index (χ2n) is 5.90. The topological polar surface area (TPSA) is 66.5 Å². The van der Waals surface area contributed by atoms with E-state index in [1.165, 1.54) is 24.3 Å². The van der Waals surface area contributed by atoms with Crippen molar-refractivity contribution in [3.05, 3.63) is 65.7 Å². The Hall–Kier alpha value is -2.18. The molecule has 24 heavy (non-hydrogen) atoms. The van der Waals surface area contributed by atoms with Gasteiger partial charge in [0.15, 0.2) is 9.84 Å². The van der Waals surface area contributed by atoms with Gasteiger partial charge in [0, 0.05) is 18.4 Å². The third-order valence-electron chi connectivity index (χ3n) is 3.81. The number of rotatable bonds is 6. The molecule has 0 bridgehead atoms. The summed E-state index contributed by atoms with van der Waals surface area (Å²) in [4.78, 5) is 14.5. The maximum Gasteiger partial charge on any atom is 0.251 e. The van der Waals surface area contributed by atoms with Crippen LogP contribution >= 0.6 is 0 Å². The van der Waals surface area contributed by atoms with E-state index in [0.717, 1.165) is 11.8 Å². The molecule has 0 fully saturated rings. The maximum atomic E-state index is 12.3. The van der Waals surface area contributed by atoms with Crippen LogP contribution in [-0.4, -0.2) is 46.1 Å². The molecule has 2 aromatic rings. The van der Waals surface area contributed by atoms with Crippen molar-refractivity contribution in [3.8, 4) is 0 Å². The van der Waals surface area contributed by atoms with Crippen molar-refractivity contribution in [1.82, 2.24) is 10.2 Å². The van der Waals surface area contributed by atoms with Crippen LogP contribution in [0.25, 0.3) is 0 Å². The molecule has 0 radical (unpaired) electrons. The van der Waals surface area contributed by atoms with E-state index in [-0.39, 0.29) is 16.8 Å². The molecule has 2 aromatic carbocycles. The predicted octanol–water partition coefficient (Wildman–Crippen LogP) is 2.12. The van der Waals surface area contributed by atoms with Crippen LogP contribution in [0.2, 0.25) is 0 Å². The second kappa shape index (κ2) is 7.59. The summed E-state index contributed by atoms with van der Waals surface area (Å²) in [5.74, 6) is -0.224. The average Bonchev–Trinajstić information content (AvgIpc) is 2.55. The monoisotopic (exact) mass is 346 g/mol. The van der Waals surface area contributed by atoms with E-state index < -0.39 is 9.84 Å². The molecule has 128 valence electrons. The highest BCUT2D eigenvalue weighted by molar-refractivity contribution is 7.90. The van der Waals surface area contributed by atoms with Gasteiger partial charge in [-0.25, -0.2) is 8.42 Å². The quantitative estimate of drug-likeness (QED) is 0.870. The lowest BCUT2D eigenvalue weighted by atomic mass is 10.1. The number of amides is 1. The molecule has 0 spiro atoms. The fourth-order valence-electron chi connectivity index (χ4n) is 2.42. The van der Waals surface area contributed by atoms with E-state index in [0.29, 0.717) is 12.1 Å². The third kappa shape index (κ3) is 4.66. The number of nitrogens with one attached hydrogen (secondary N) is 1. The number of carbonyl (C=O) groups excluding carboxylic acids is 1. The molecule has 0 heterocycles. The summed E-state index contributed by atoms with van der Waals surface area (Å²) >= 11 is 0. The zero-order valence-corrected chi connectivity index (χ0v) is 14.9. The van der Waals surface area contributed by atoms with Crippen molar-refractivity contribution in [1.29, 1.82) is 0 Å². The highest BCUT2D eigenvalue weighted by Gasteiger charge is 2.16. The molecule has 0 aliphatic heterocycles. The zero-order chi connectivity index (χ0) is 17.7. The molecule has 1 N–H and O–H groups in total. The Kier molecular flexibility index (Phi) is 5.75. The number of carbonyl (C=O) groups is 1. The number of hydrogen-bond acceptors (Lipinski definition) is 4. The van der Waals surface area contributed by atoms with Crippen LogP contribution in [-0.2, 0) is 9.84 Å². The smallest absolute Gasteiger partial charge is 0.251 e. The fraction of sp³-hybridized carbons (Fsp3) is 0.278. The van der Waals surface area contributed by atoms with Gasteiger partial charge in [-0.05, 0) is 43.9 Å². The summed E-state index contributed by atoms with van der Waals surface area (Å²) in [6.07, 6.45) is 1.14. The lowest BCUT2D eigenvalue weighted by Gasteiger charge is -2.25. The Balaban J connectivity index is 2.06. The summed E-state index contributed by atoms with van der Waals surface area (Å²) in [7, 11) is 0.669. The van der Waals surface area contributed by atoms with Gasteiger partial charge < -0.3 is 10.2 Å². The van der Waals surface area contributed by atoms with Gasteiger partial charge in [0.1, 0.15) is 0 Å². The minimum absolute atomic E-state index is 0.0606. The molecular weight excluding hydrogens is 324 g/mol. The van der Waals surface area contributed by atoms with Gasteiger partial charge in [0.2, 0.25) is 0 Å². The molecule has 1 atom stereocenters. The standard InChI is InChI=1S/C18H22N2O3S/c1-20(2)17(14-7-5-4-6-8-14)13-19-18(21)15-9-11-16(12-10-15)24(3,22)23/h4-12,17H,13H2,1-3H3,(H,19,21). The normalized spacial score (nSPS) is 12.8. The van der Waals surface area contributed by atoms with E-state index >= 15 is 0 Å². The van der Waals surface area contributed by atoms with Crippen LogP contribution in [0, 0.1) is 0 Å². The molecule has 0 aliphatic rings. The van der Waals surface area contributed by atoms with Crippen molar-refractivity contribution in [3.63, 3.8) is 0 Å². The van der Waals surface area contributed by atoms with E-state index in [1.807, 2.05) is 49.3 Å². The second-order valence-corrected chi connectivity index (χ2v) is 7.91. The lowest BCUT2D eigenvalue weighted by molar-refractivity contribution is 0.0942. The number of benzene rings is 2. The Morgan fingerprint density at radius 3 is 2.12 bits per heavy atom. The Labute approximate surface area is 143 Å². The number of sulfone groups is 1.